The molecule has 142 valence electrons. The van der Waals surface area contributed by atoms with Gasteiger partial charge in [0, 0.05) is 12.7 Å². The summed E-state index contributed by atoms with van der Waals surface area (Å²) in [4.78, 5) is 25.8. The molecule has 1 unspecified atom stereocenters. The van der Waals surface area contributed by atoms with E-state index in [2.05, 4.69) is 6.92 Å². The van der Waals surface area contributed by atoms with Gasteiger partial charge in [-0.1, -0.05) is 25.5 Å². The van der Waals surface area contributed by atoms with Gasteiger partial charge >= 0.3 is 5.97 Å². The van der Waals surface area contributed by atoms with E-state index in [1.807, 2.05) is 12.1 Å². The number of hydrogen-bond acceptors (Lipinski definition) is 6. The van der Waals surface area contributed by atoms with Gasteiger partial charge in [-0.25, -0.2) is 4.79 Å². The summed E-state index contributed by atoms with van der Waals surface area (Å²) < 4.78 is 21.4. The van der Waals surface area contributed by atoms with Crippen LogP contribution in [0.1, 0.15) is 19.8 Å². The first kappa shape index (κ1) is 19.8. The van der Waals surface area contributed by atoms with Crippen LogP contribution in [0.5, 0.6) is 11.5 Å². The molecule has 0 aromatic heterocycles. The summed E-state index contributed by atoms with van der Waals surface area (Å²) in [6.07, 6.45) is 3.25. The summed E-state index contributed by atoms with van der Waals surface area (Å²) >= 11 is 0. The van der Waals surface area contributed by atoms with E-state index in [0.717, 1.165) is 12.8 Å². The van der Waals surface area contributed by atoms with Crippen molar-refractivity contribution in [2.75, 3.05) is 34.0 Å². The Labute approximate surface area is 153 Å². The monoisotopic (exact) mass is 363 g/mol. The average Bonchev–Trinajstić information content (AvgIpc) is 3.01. The van der Waals surface area contributed by atoms with Crippen molar-refractivity contribution in [1.82, 2.24) is 4.90 Å². The average molecular weight is 363 g/mol. The van der Waals surface area contributed by atoms with Crippen LogP contribution >= 0.6 is 0 Å². The van der Waals surface area contributed by atoms with Crippen LogP contribution in [-0.2, 0) is 19.1 Å². The molecule has 26 heavy (non-hydrogen) atoms. The first-order valence-corrected chi connectivity index (χ1v) is 8.58. The zero-order valence-corrected chi connectivity index (χ0v) is 15.4. The molecule has 1 atom stereocenters. The van der Waals surface area contributed by atoms with Crippen LogP contribution in [0.4, 0.5) is 0 Å². The standard InChI is InChI=1S/C19H25NO6/c1-4-5-10-25-13-15(19(22)24-3)20-12-14(11-18(20)21)26-17-9-7-6-8-16(17)23-2/h6-9,11,15H,4-5,10,12-13H2,1-3H3. The minimum atomic E-state index is -0.806. The molecule has 0 saturated heterocycles. The molecule has 2 rings (SSSR count). The van der Waals surface area contributed by atoms with E-state index in [1.165, 1.54) is 18.1 Å². The summed E-state index contributed by atoms with van der Waals surface area (Å²) in [5.74, 6) is 0.671. The van der Waals surface area contributed by atoms with Gasteiger partial charge in [-0.3, -0.25) is 4.79 Å². The van der Waals surface area contributed by atoms with Crippen molar-refractivity contribution in [3.63, 3.8) is 0 Å². The maximum absolute atomic E-state index is 12.4. The fourth-order valence-corrected chi connectivity index (χ4v) is 2.54. The largest absolute Gasteiger partial charge is 0.493 e. The van der Waals surface area contributed by atoms with Gasteiger partial charge in [0.15, 0.2) is 17.5 Å². The van der Waals surface area contributed by atoms with E-state index in [4.69, 9.17) is 18.9 Å². The third-order valence-electron chi connectivity index (χ3n) is 3.97. The molecular formula is C19H25NO6. The first-order chi connectivity index (χ1) is 12.6. The molecule has 1 aliphatic heterocycles. The molecular weight excluding hydrogens is 338 g/mol. The van der Waals surface area contributed by atoms with Crippen LogP contribution in [0.3, 0.4) is 0 Å². The highest BCUT2D eigenvalue weighted by Gasteiger charge is 2.35. The molecule has 1 aromatic rings. The number of rotatable bonds is 10. The van der Waals surface area contributed by atoms with Crippen LogP contribution in [0.2, 0.25) is 0 Å². The molecule has 7 heteroatoms. The molecule has 0 fully saturated rings. The summed E-state index contributed by atoms with van der Waals surface area (Å²) in [6.45, 7) is 2.84. The summed E-state index contributed by atoms with van der Waals surface area (Å²) in [7, 11) is 2.84. The Morgan fingerprint density at radius 2 is 1.96 bits per heavy atom. The number of carbonyl (C=O) groups excluding carboxylic acids is 2. The van der Waals surface area contributed by atoms with Crippen molar-refractivity contribution in [3.05, 3.63) is 36.1 Å². The Hall–Kier alpha value is -2.54. The van der Waals surface area contributed by atoms with E-state index in [1.54, 1.807) is 19.2 Å². The molecule has 1 heterocycles. The van der Waals surface area contributed by atoms with Gasteiger partial charge in [0.25, 0.3) is 5.91 Å². The molecule has 0 spiro atoms. The molecule has 1 aliphatic rings. The molecule has 1 aromatic carbocycles. The van der Waals surface area contributed by atoms with E-state index in [9.17, 15) is 9.59 Å². The van der Waals surface area contributed by atoms with Crippen LogP contribution < -0.4 is 9.47 Å². The molecule has 0 aliphatic carbocycles. The van der Waals surface area contributed by atoms with Crippen molar-refractivity contribution in [1.29, 1.82) is 0 Å². The lowest BCUT2D eigenvalue weighted by Gasteiger charge is -2.25. The second-order valence-corrected chi connectivity index (χ2v) is 5.80. The number of amides is 1. The van der Waals surface area contributed by atoms with E-state index in [-0.39, 0.29) is 19.1 Å². The van der Waals surface area contributed by atoms with Gasteiger partial charge in [-0.05, 0) is 18.6 Å². The zero-order valence-electron chi connectivity index (χ0n) is 15.4. The van der Waals surface area contributed by atoms with Crippen molar-refractivity contribution < 1.29 is 28.5 Å². The van der Waals surface area contributed by atoms with Gasteiger partial charge in [0.2, 0.25) is 0 Å². The minimum absolute atomic E-state index is 0.0915. The topological polar surface area (TPSA) is 74.3 Å². The number of benzene rings is 1. The van der Waals surface area contributed by atoms with Gasteiger partial charge < -0.3 is 23.8 Å². The lowest BCUT2D eigenvalue weighted by molar-refractivity contribution is -0.153. The summed E-state index contributed by atoms with van der Waals surface area (Å²) in [5.41, 5.74) is 0. The fraction of sp³-hybridized carbons (Fsp3) is 0.474. The molecule has 0 N–H and O–H groups in total. The third-order valence-corrected chi connectivity index (χ3v) is 3.97. The number of para-hydroxylation sites is 2. The highest BCUT2D eigenvalue weighted by molar-refractivity contribution is 5.94. The highest BCUT2D eigenvalue weighted by atomic mass is 16.5. The molecule has 0 bridgehead atoms. The Morgan fingerprint density at radius 3 is 2.62 bits per heavy atom. The maximum atomic E-state index is 12.4. The summed E-state index contributed by atoms with van der Waals surface area (Å²) in [5, 5.41) is 0. The Balaban J connectivity index is 2.04. The second kappa shape index (κ2) is 9.82. The van der Waals surface area contributed by atoms with Crippen molar-refractivity contribution in [3.8, 4) is 11.5 Å². The number of esters is 1. The molecule has 0 radical (unpaired) electrons. The number of ether oxygens (including phenoxy) is 4. The number of hydrogen-bond donors (Lipinski definition) is 0. The van der Waals surface area contributed by atoms with Crippen LogP contribution in [0, 0.1) is 0 Å². The Kier molecular flexibility index (Phi) is 7.47. The van der Waals surface area contributed by atoms with Crippen LogP contribution in [0.25, 0.3) is 0 Å². The number of methoxy groups -OCH3 is 2. The molecule has 1 amide bonds. The van der Waals surface area contributed by atoms with Gasteiger partial charge in [-0.15, -0.1) is 0 Å². The SMILES string of the molecule is CCCCOCC(C(=O)OC)N1CC(Oc2ccccc2OC)=CC1=O. The van der Waals surface area contributed by atoms with E-state index in [0.29, 0.717) is 23.9 Å². The Bertz CT molecular complexity index is 657. The zero-order chi connectivity index (χ0) is 18.9. The van der Waals surface area contributed by atoms with E-state index >= 15 is 0 Å². The van der Waals surface area contributed by atoms with Crippen LogP contribution in [0.15, 0.2) is 36.1 Å². The van der Waals surface area contributed by atoms with Gasteiger partial charge in [0.1, 0.15) is 5.76 Å². The number of nitrogens with zero attached hydrogens (tertiary/aromatic N) is 1. The van der Waals surface area contributed by atoms with E-state index < -0.39 is 12.0 Å². The quantitative estimate of drug-likeness (QED) is 0.468. The Morgan fingerprint density at radius 1 is 1.23 bits per heavy atom. The smallest absolute Gasteiger partial charge is 0.331 e. The maximum Gasteiger partial charge on any atom is 0.331 e. The van der Waals surface area contributed by atoms with Crippen LogP contribution in [-0.4, -0.2) is 56.8 Å². The second-order valence-electron chi connectivity index (χ2n) is 5.80. The number of unbranched alkanes of at least 4 members (excludes halogenated alkanes) is 1. The summed E-state index contributed by atoms with van der Waals surface area (Å²) in [6, 6.07) is 6.35. The molecule has 0 saturated carbocycles. The molecule has 7 nitrogen and oxygen atoms in total. The predicted octanol–water partition coefficient (Wildman–Crippen LogP) is 2.16. The van der Waals surface area contributed by atoms with Crippen molar-refractivity contribution in [2.45, 2.75) is 25.8 Å². The fourth-order valence-electron chi connectivity index (χ4n) is 2.54. The van der Waals surface area contributed by atoms with Crippen molar-refractivity contribution in [2.24, 2.45) is 0 Å². The minimum Gasteiger partial charge on any atom is -0.493 e. The highest BCUT2D eigenvalue weighted by Crippen LogP contribution is 2.29. The van der Waals surface area contributed by atoms with Gasteiger partial charge in [0.05, 0.1) is 27.4 Å². The predicted molar refractivity (Wildman–Crippen MR) is 94.9 cm³/mol. The number of carbonyl (C=O) groups is 2. The normalized spacial score (nSPS) is 14.8. The first-order valence-electron chi connectivity index (χ1n) is 8.58. The van der Waals surface area contributed by atoms with Gasteiger partial charge in [-0.2, -0.15) is 0 Å². The van der Waals surface area contributed by atoms with Crippen molar-refractivity contribution >= 4 is 11.9 Å². The third kappa shape index (κ3) is 4.98. The lowest BCUT2D eigenvalue weighted by Crippen LogP contribution is -2.46. The lowest BCUT2D eigenvalue weighted by atomic mass is 10.2.